The molecule has 0 bridgehead atoms. The lowest BCUT2D eigenvalue weighted by Gasteiger charge is -2.32. The maximum Gasteiger partial charge on any atom is 0.312 e. The molecule has 10 heteroatoms. The van der Waals surface area contributed by atoms with Gasteiger partial charge in [-0.2, -0.15) is 0 Å². The number of aromatic nitrogens is 4. The summed E-state index contributed by atoms with van der Waals surface area (Å²) in [4.78, 5) is 22.1. The molecule has 5 rings (SSSR count). The van der Waals surface area contributed by atoms with Crippen molar-refractivity contribution in [3.05, 3.63) is 65.3 Å². The number of carbonyl (C=O) groups excluding carboxylic acids is 1. The van der Waals surface area contributed by atoms with Crippen LogP contribution in [-0.2, 0) is 6.42 Å². The highest BCUT2D eigenvalue weighted by Crippen LogP contribution is 2.37. The van der Waals surface area contributed by atoms with Crippen LogP contribution in [0, 0.1) is 5.82 Å². The first-order chi connectivity index (χ1) is 14.0. The fourth-order valence-corrected chi connectivity index (χ4v) is 3.58. The number of benzene rings is 1. The number of halogens is 1. The van der Waals surface area contributed by atoms with Crippen LogP contribution in [-0.4, -0.2) is 42.6 Å². The van der Waals surface area contributed by atoms with Crippen LogP contribution < -0.4 is 0 Å². The number of nitrogens with one attached hydrogen (secondary N) is 1. The molecule has 148 valence electrons. The number of furan rings is 1. The summed E-state index contributed by atoms with van der Waals surface area (Å²) in [5, 5.41) is 17.6. The molecule has 0 unspecified atom stereocenters. The number of nitrogens with zero attached hydrogens (tertiary/aromatic N) is 4. The van der Waals surface area contributed by atoms with Gasteiger partial charge in [-0.1, -0.05) is 12.1 Å². The van der Waals surface area contributed by atoms with Crippen LogP contribution in [0.3, 0.4) is 0 Å². The Balaban J connectivity index is 1.60. The van der Waals surface area contributed by atoms with E-state index >= 15 is 0 Å². The number of aliphatic hydroxyl groups is 1. The number of aromatic amines is 1. The minimum absolute atomic E-state index is 0.0480. The molecule has 1 amide bonds. The van der Waals surface area contributed by atoms with Crippen molar-refractivity contribution in [2.45, 2.75) is 25.5 Å². The first-order valence-corrected chi connectivity index (χ1v) is 9.05. The second-order valence-corrected chi connectivity index (χ2v) is 6.85. The first-order valence-electron chi connectivity index (χ1n) is 9.05. The molecule has 0 saturated carbocycles. The van der Waals surface area contributed by atoms with Gasteiger partial charge in [0.1, 0.15) is 17.9 Å². The molecule has 0 spiro atoms. The van der Waals surface area contributed by atoms with E-state index < -0.39 is 23.9 Å². The predicted octanol–water partition coefficient (Wildman–Crippen LogP) is 2.52. The van der Waals surface area contributed by atoms with Gasteiger partial charge in [-0.3, -0.25) is 4.79 Å². The Bertz CT molecular complexity index is 1210. The van der Waals surface area contributed by atoms with Crippen LogP contribution in [0.1, 0.15) is 52.8 Å². The van der Waals surface area contributed by atoms with Crippen molar-refractivity contribution in [3.8, 4) is 0 Å². The summed E-state index contributed by atoms with van der Waals surface area (Å²) < 4.78 is 25.3. The van der Waals surface area contributed by atoms with E-state index in [1.807, 2.05) is 0 Å². The minimum atomic E-state index is -0.988. The molecule has 4 heterocycles. The Kier molecular flexibility index (Phi) is 3.95. The van der Waals surface area contributed by atoms with Gasteiger partial charge in [0.05, 0.1) is 12.0 Å². The molecule has 0 aliphatic carbocycles. The lowest BCUT2D eigenvalue weighted by Crippen LogP contribution is -2.40. The van der Waals surface area contributed by atoms with Crippen LogP contribution in [0.15, 0.2) is 39.4 Å². The first kappa shape index (κ1) is 17.6. The van der Waals surface area contributed by atoms with E-state index in [2.05, 4.69) is 20.2 Å². The van der Waals surface area contributed by atoms with Gasteiger partial charge in [-0.25, -0.2) is 9.37 Å². The molecule has 2 N–H and O–H groups in total. The standard InChI is InChI=1S/C19H16FN5O4/c1-9(26)17-23-24-18(29-17)19(27)25-6-5-12-14(22-8-21-12)15(25)13-7-10-3-2-4-11(20)16(10)28-13/h2-4,7-9,15,26H,5-6H2,1H3,(H,21,22)/t9-,15-/m1/s1. The van der Waals surface area contributed by atoms with Crippen molar-refractivity contribution in [3.63, 3.8) is 0 Å². The molecular weight excluding hydrogens is 381 g/mol. The third kappa shape index (κ3) is 2.80. The van der Waals surface area contributed by atoms with Crippen molar-refractivity contribution in [2.75, 3.05) is 6.54 Å². The van der Waals surface area contributed by atoms with Crippen LogP contribution in [0.5, 0.6) is 0 Å². The molecule has 4 aromatic rings. The number of rotatable bonds is 3. The zero-order valence-corrected chi connectivity index (χ0v) is 15.3. The number of aliphatic hydroxyl groups excluding tert-OH is 1. The van der Waals surface area contributed by atoms with Crippen LogP contribution in [0.2, 0.25) is 0 Å². The van der Waals surface area contributed by atoms with E-state index in [0.717, 1.165) is 5.69 Å². The summed E-state index contributed by atoms with van der Waals surface area (Å²) >= 11 is 0. The summed E-state index contributed by atoms with van der Waals surface area (Å²) in [5.74, 6) is -0.922. The summed E-state index contributed by atoms with van der Waals surface area (Å²) in [5.41, 5.74) is 1.60. The second-order valence-electron chi connectivity index (χ2n) is 6.85. The number of amides is 1. The third-order valence-electron chi connectivity index (χ3n) is 4.95. The number of hydrogen-bond donors (Lipinski definition) is 2. The molecule has 0 fully saturated rings. The summed E-state index contributed by atoms with van der Waals surface area (Å²) in [6, 6.07) is 5.65. The van der Waals surface area contributed by atoms with Gasteiger partial charge in [-0.15, -0.1) is 10.2 Å². The Hall–Kier alpha value is -3.53. The SMILES string of the molecule is C[C@@H](O)c1nnc(C(=O)N2CCc3[nH]cnc3[C@H]2c2cc3cccc(F)c3o2)o1. The lowest BCUT2D eigenvalue weighted by atomic mass is 10.00. The zero-order chi connectivity index (χ0) is 20.1. The largest absolute Gasteiger partial charge is 0.455 e. The number of hydrogen-bond acceptors (Lipinski definition) is 7. The number of fused-ring (bicyclic) bond motifs is 2. The van der Waals surface area contributed by atoms with Crippen LogP contribution in [0.25, 0.3) is 11.0 Å². The topological polar surface area (TPSA) is 121 Å². The maximum atomic E-state index is 14.1. The van der Waals surface area contributed by atoms with E-state index in [-0.39, 0.29) is 17.4 Å². The molecule has 3 aromatic heterocycles. The molecular formula is C19H16FN5O4. The Labute approximate surface area is 163 Å². The monoisotopic (exact) mass is 397 g/mol. The molecule has 2 atom stereocenters. The molecule has 0 saturated heterocycles. The van der Waals surface area contributed by atoms with Crippen molar-refractivity contribution >= 4 is 16.9 Å². The smallest absolute Gasteiger partial charge is 0.312 e. The van der Waals surface area contributed by atoms with Gasteiger partial charge in [-0.05, 0) is 19.1 Å². The minimum Gasteiger partial charge on any atom is -0.455 e. The number of H-pyrrole nitrogens is 1. The maximum absolute atomic E-state index is 14.1. The number of carbonyl (C=O) groups is 1. The van der Waals surface area contributed by atoms with Gasteiger partial charge < -0.3 is 23.8 Å². The molecule has 1 aromatic carbocycles. The summed E-state index contributed by atoms with van der Waals surface area (Å²) in [7, 11) is 0. The Morgan fingerprint density at radius 1 is 1.38 bits per heavy atom. The van der Waals surface area contributed by atoms with Gasteiger partial charge in [0.25, 0.3) is 0 Å². The highest BCUT2D eigenvalue weighted by molar-refractivity contribution is 5.90. The van der Waals surface area contributed by atoms with Gasteiger partial charge in [0, 0.05) is 24.0 Å². The normalized spacial score (nSPS) is 17.5. The van der Waals surface area contributed by atoms with E-state index in [1.165, 1.54) is 17.9 Å². The fourth-order valence-electron chi connectivity index (χ4n) is 3.58. The van der Waals surface area contributed by atoms with Gasteiger partial charge in [0.2, 0.25) is 5.89 Å². The van der Waals surface area contributed by atoms with E-state index in [4.69, 9.17) is 8.83 Å². The second kappa shape index (κ2) is 6.52. The van der Waals surface area contributed by atoms with E-state index in [9.17, 15) is 14.3 Å². The Morgan fingerprint density at radius 3 is 3.00 bits per heavy atom. The lowest BCUT2D eigenvalue weighted by molar-refractivity contribution is 0.0623. The fraction of sp³-hybridized carbons (Fsp3) is 0.263. The quantitative estimate of drug-likeness (QED) is 0.545. The van der Waals surface area contributed by atoms with E-state index in [0.29, 0.717) is 29.8 Å². The number of para-hydroxylation sites is 1. The highest BCUT2D eigenvalue weighted by Gasteiger charge is 2.38. The Morgan fingerprint density at radius 2 is 2.24 bits per heavy atom. The third-order valence-corrected chi connectivity index (χ3v) is 4.95. The molecule has 0 radical (unpaired) electrons. The predicted molar refractivity (Wildman–Crippen MR) is 96.3 cm³/mol. The van der Waals surface area contributed by atoms with E-state index in [1.54, 1.807) is 24.5 Å². The van der Waals surface area contributed by atoms with Crippen molar-refractivity contribution < 1.29 is 23.1 Å². The average Bonchev–Trinajstić information content (AvgIpc) is 3.44. The van der Waals surface area contributed by atoms with Gasteiger partial charge >= 0.3 is 11.8 Å². The van der Waals surface area contributed by atoms with Crippen molar-refractivity contribution in [2.24, 2.45) is 0 Å². The summed E-state index contributed by atoms with van der Waals surface area (Å²) in [6.45, 7) is 1.80. The number of imidazole rings is 1. The van der Waals surface area contributed by atoms with Crippen molar-refractivity contribution in [1.29, 1.82) is 0 Å². The average molecular weight is 397 g/mol. The molecule has 29 heavy (non-hydrogen) atoms. The van der Waals surface area contributed by atoms with Crippen LogP contribution >= 0.6 is 0 Å². The zero-order valence-electron chi connectivity index (χ0n) is 15.3. The van der Waals surface area contributed by atoms with Crippen LogP contribution in [0.4, 0.5) is 4.39 Å². The highest BCUT2D eigenvalue weighted by atomic mass is 19.1. The van der Waals surface area contributed by atoms with Crippen molar-refractivity contribution in [1.82, 2.24) is 25.1 Å². The molecule has 9 nitrogen and oxygen atoms in total. The molecule has 1 aliphatic heterocycles. The summed E-state index contributed by atoms with van der Waals surface area (Å²) in [6.07, 6.45) is 1.11. The van der Waals surface area contributed by atoms with Gasteiger partial charge in [0.15, 0.2) is 11.4 Å². The molecule has 1 aliphatic rings.